The van der Waals surface area contributed by atoms with E-state index in [1.54, 1.807) is 4.90 Å². The second kappa shape index (κ2) is 10.9. The van der Waals surface area contributed by atoms with Crippen LogP contribution in [0.25, 0.3) is 0 Å². The Morgan fingerprint density at radius 2 is 1.88 bits per heavy atom. The van der Waals surface area contributed by atoms with E-state index in [1.807, 2.05) is 27.0 Å². The number of nitrogens with one attached hydrogen (secondary N) is 1. The maximum absolute atomic E-state index is 12.4. The number of amides is 1. The molecule has 1 N–H and O–H groups in total. The highest BCUT2D eigenvalue weighted by Gasteiger charge is 2.36. The number of hydrogen-bond donors (Lipinski definition) is 1. The standard InChI is InChI=1S/C23H36N6O2.HI/c1-23(2,3)31-22(30)28-12-13-29-19(17-28)16-26-21(29)25-15-18-8-9-20(24-14-18)27-10-6-4-5-7-11-27;/h8-9,14,19H,4-7,10-13,15-17H2,1-3H3,(H,25,26);1H. The summed E-state index contributed by atoms with van der Waals surface area (Å²) in [5.74, 6) is 2.01. The van der Waals surface area contributed by atoms with E-state index in [9.17, 15) is 4.79 Å². The number of nitrogens with zero attached hydrogens (tertiary/aromatic N) is 5. The van der Waals surface area contributed by atoms with Gasteiger partial charge in [-0.15, -0.1) is 24.0 Å². The fraction of sp³-hybridized carbons (Fsp3) is 0.696. The molecular formula is C23H37IN6O2. The van der Waals surface area contributed by atoms with Crippen LogP contribution >= 0.6 is 24.0 Å². The van der Waals surface area contributed by atoms with Crippen molar-refractivity contribution < 1.29 is 9.53 Å². The molecule has 32 heavy (non-hydrogen) atoms. The number of fused-ring (bicyclic) bond motifs is 1. The fourth-order valence-corrected chi connectivity index (χ4v) is 4.41. The van der Waals surface area contributed by atoms with Crippen LogP contribution in [0.3, 0.4) is 0 Å². The molecule has 4 heterocycles. The average Bonchev–Trinajstić information content (AvgIpc) is 2.94. The Morgan fingerprint density at radius 3 is 2.53 bits per heavy atom. The number of carbonyl (C=O) groups excluding carboxylic acids is 1. The topological polar surface area (TPSA) is 73.3 Å². The number of guanidine groups is 1. The molecule has 1 amide bonds. The van der Waals surface area contributed by atoms with Gasteiger partial charge in [0, 0.05) is 45.5 Å². The second-order valence-electron chi connectivity index (χ2n) is 9.72. The van der Waals surface area contributed by atoms with Crippen molar-refractivity contribution in [1.29, 1.82) is 0 Å². The lowest BCUT2D eigenvalue weighted by atomic mass is 10.2. The lowest BCUT2D eigenvalue weighted by Gasteiger charge is -2.39. The van der Waals surface area contributed by atoms with E-state index in [4.69, 9.17) is 9.72 Å². The number of ether oxygens (including phenoxy) is 1. The highest BCUT2D eigenvalue weighted by Crippen LogP contribution is 2.20. The van der Waals surface area contributed by atoms with Gasteiger partial charge >= 0.3 is 6.09 Å². The number of pyridine rings is 1. The summed E-state index contributed by atoms with van der Waals surface area (Å²) in [7, 11) is 0. The molecule has 0 radical (unpaired) electrons. The SMILES string of the molecule is CC(C)(C)OC(=O)N1CCN2C(NCc3ccc(N4CCCCCC4)nc3)=NCC2C1.I. The second-order valence-corrected chi connectivity index (χ2v) is 9.72. The minimum Gasteiger partial charge on any atom is -0.444 e. The zero-order valence-electron chi connectivity index (χ0n) is 19.5. The van der Waals surface area contributed by atoms with E-state index in [2.05, 4.69) is 32.2 Å². The van der Waals surface area contributed by atoms with Crippen molar-refractivity contribution in [3.63, 3.8) is 0 Å². The highest BCUT2D eigenvalue weighted by atomic mass is 127. The Labute approximate surface area is 208 Å². The minimum absolute atomic E-state index is 0. The van der Waals surface area contributed by atoms with Crippen LogP contribution < -0.4 is 10.2 Å². The minimum atomic E-state index is -0.468. The average molecular weight is 556 g/mol. The fourth-order valence-electron chi connectivity index (χ4n) is 4.41. The molecule has 0 saturated carbocycles. The van der Waals surface area contributed by atoms with Crippen LogP contribution in [0.2, 0.25) is 0 Å². The van der Waals surface area contributed by atoms with Crippen molar-refractivity contribution >= 4 is 41.8 Å². The first kappa shape index (κ1) is 24.9. The van der Waals surface area contributed by atoms with Crippen LogP contribution in [0.5, 0.6) is 0 Å². The van der Waals surface area contributed by atoms with Gasteiger partial charge in [-0.2, -0.15) is 0 Å². The van der Waals surface area contributed by atoms with Crippen molar-refractivity contribution in [2.24, 2.45) is 4.99 Å². The number of halogens is 1. The molecule has 4 rings (SSSR count). The maximum atomic E-state index is 12.4. The molecule has 1 aromatic rings. The summed E-state index contributed by atoms with van der Waals surface area (Å²) in [6.07, 6.45) is 6.91. The Morgan fingerprint density at radius 1 is 1.12 bits per heavy atom. The smallest absolute Gasteiger partial charge is 0.410 e. The van der Waals surface area contributed by atoms with Gasteiger partial charge in [0.05, 0.1) is 12.6 Å². The van der Waals surface area contributed by atoms with Gasteiger partial charge in [-0.3, -0.25) is 4.99 Å². The predicted molar refractivity (Wildman–Crippen MR) is 138 cm³/mol. The summed E-state index contributed by atoms with van der Waals surface area (Å²) in [5, 5.41) is 3.48. The lowest BCUT2D eigenvalue weighted by Crippen LogP contribution is -2.57. The highest BCUT2D eigenvalue weighted by molar-refractivity contribution is 14.0. The number of aliphatic imine (C=N–C) groups is 1. The van der Waals surface area contributed by atoms with E-state index in [0.717, 1.165) is 37.0 Å². The van der Waals surface area contributed by atoms with Crippen LogP contribution in [0.15, 0.2) is 23.3 Å². The first-order chi connectivity index (χ1) is 14.9. The first-order valence-corrected chi connectivity index (χ1v) is 11.6. The van der Waals surface area contributed by atoms with E-state index in [0.29, 0.717) is 26.2 Å². The molecule has 0 aliphatic carbocycles. The summed E-state index contributed by atoms with van der Waals surface area (Å²) in [4.78, 5) is 28.3. The third-order valence-electron chi connectivity index (χ3n) is 6.05. The van der Waals surface area contributed by atoms with Gasteiger partial charge in [-0.25, -0.2) is 9.78 Å². The molecule has 3 aliphatic heterocycles. The molecule has 178 valence electrons. The summed E-state index contributed by atoms with van der Waals surface area (Å²) < 4.78 is 5.52. The van der Waals surface area contributed by atoms with Gasteiger partial charge in [-0.05, 0) is 45.2 Å². The molecule has 1 atom stereocenters. The number of piperazine rings is 1. The van der Waals surface area contributed by atoms with Crippen molar-refractivity contribution in [1.82, 2.24) is 20.1 Å². The molecule has 0 bridgehead atoms. The molecule has 3 aliphatic rings. The predicted octanol–water partition coefficient (Wildman–Crippen LogP) is 3.46. The zero-order chi connectivity index (χ0) is 21.8. The van der Waals surface area contributed by atoms with E-state index in [-0.39, 0.29) is 36.1 Å². The molecule has 1 aromatic heterocycles. The van der Waals surface area contributed by atoms with Crippen LogP contribution in [0.4, 0.5) is 10.6 Å². The van der Waals surface area contributed by atoms with Gasteiger partial charge in [0.15, 0.2) is 5.96 Å². The van der Waals surface area contributed by atoms with Crippen molar-refractivity contribution in [2.75, 3.05) is 44.2 Å². The number of carbonyl (C=O) groups is 1. The summed E-state index contributed by atoms with van der Waals surface area (Å²) in [6, 6.07) is 4.52. The van der Waals surface area contributed by atoms with Crippen molar-refractivity contribution in [3.8, 4) is 0 Å². The van der Waals surface area contributed by atoms with Crippen LogP contribution in [0, 0.1) is 0 Å². The zero-order valence-corrected chi connectivity index (χ0v) is 21.9. The number of rotatable bonds is 3. The van der Waals surface area contributed by atoms with E-state index < -0.39 is 5.60 Å². The molecule has 2 saturated heterocycles. The summed E-state index contributed by atoms with van der Waals surface area (Å²) >= 11 is 0. The van der Waals surface area contributed by atoms with Crippen molar-refractivity contribution in [2.45, 2.75) is 64.6 Å². The largest absolute Gasteiger partial charge is 0.444 e. The van der Waals surface area contributed by atoms with Crippen LogP contribution in [-0.2, 0) is 11.3 Å². The van der Waals surface area contributed by atoms with E-state index in [1.165, 1.54) is 25.7 Å². The molecule has 2 fully saturated rings. The molecule has 9 heteroatoms. The van der Waals surface area contributed by atoms with Gasteiger partial charge in [0.2, 0.25) is 0 Å². The lowest BCUT2D eigenvalue weighted by molar-refractivity contribution is 0.0137. The maximum Gasteiger partial charge on any atom is 0.410 e. The number of hydrogen-bond acceptors (Lipinski definition) is 7. The molecule has 0 aromatic carbocycles. The quantitative estimate of drug-likeness (QED) is 0.576. The molecule has 0 spiro atoms. The normalized spacial score (nSPS) is 21.3. The third-order valence-corrected chi connectivity index (χ3v) is 6.05. The number of aromatic nitrogens is 1. The first-order valence-electron chi connectivity index (χ1n) is 11.6. The summed E-state index contributed by atoms with van der Waals surface area (Å²) in [5.41, 5.74) is 0.682. The van der Waals surface area contributed by atoms with Gasteiger partial charge < -0.3 is 24.8 Å². The number of anilines is 1. The van der Waals surface area contributed by atoms with Crippen LogP contribution in [0.1, 0.15) is 52.0 Å². The van der Waals surface area contributed by atoms with Gasteiger partial charge in [0.25, 0.3) is 0 Å². The van der Waals surface area contributed by atoms with E-state index >= 15 is 0 Å². The van der Waals surface area contributed by atoms with Gasteiger partial charge in [-0.1, -0.05) is 18.9 Å². The Bertz CT molecular complexity index is 787. The molecule has 8 nitrogen and oxygen atoms in total. The van der Waals surface area contributed by atoms with Crippen LogP contribution in [-0.4, -0.2) is 77.7 Å². The Balaban J connectivity index is 0.00000289. The monoisotopic (exact) mass is 556 g/mol. The van der Waals surface area contributed by atoms with Crippen molar-refractivity contribution in [3.05, 3.63) is 23.9 Å². The van der Waals surface area contributed by atoms with Gasteiger partial charge in [0.1, 0.15) is 11.4 Å². The Kier molecular flexibility index (Phi) is 8.46. The summed E-state index contributed by atoms with van der Waals surface area (Å²) in [6.45, 7) is 11.4. The third kappa shape index (κ3) is 6.39. The molecule has 1 unspecified atom stereocenters. The Hall–Kier alpha value is -1.78. The molecular weight excluding hydrogens is 519 g/mol.